The van der Waals surface area contributed by atoms with E-state index in [1.165, 1.54) is 5.56 Å². The zero-order valence-corrected chi connectivity index (χ0v) is 20.7. The first-order valence-electron chi connectivity index (χ1n) is 12.5. The monoisotopic (exact) mass is 496 g/mol. The zero-order chi connectivity index (χ0) is 25.6. The summed E-state index contributed by atoms with van der Waals surface area (Å²) in [5.41, 5.74) is 12.4. The van der Waals surface area contributed by atoms with E-state index in [2.05, 4.69) is 50.6 Å². The van der Waals surface area contributed by atoms with Crippen LogP contribution >= 0.6 is 0 Å². The van der Waals surface area contributed by atoms with Gasteiger partial charge in [-0.25, -0.2) is 4.99 Å². The van der Waals surface area contributed by atoms with Gasteiger partial charge in [-0.1, -0.05) is 43.0 Å². The van der Waals surface area contributed by atoms with E-state index in [0.29, 0.717) is 11.4 Å². The molecular weight excluding hydrogens is 464 g/mol. The van der Waals surface area contributed by atoms with Crippen LogP contribution in [-0.2, 0) is 16.0 Å². The van der Waals surface area contributed by atoms with Gasteiger partial charge in [-0.2, -0.15) is 0 Å². The number of nitrogens with one attached hydrogen (secondary N) is 3. The van der Waals surface area contributed by atoms with Gasteiger partial charge in [-0.05, 0) is 59.5 Å². The van der Waals surface area contributed by atoms with E-state index in [1.807, 2.05) is 54.6 Å². The topological polar surface area (TPSA) is 104 Å². The molecule has 0 radical (unpaired) electrons. The van der Waals surface area contributed by atoms with Gasteiger partial charge in [0.25, 0.3) is 0 Å². The maximum absolute atomic E-state index is 12.9. The van der Waals surface area contributed by atoms with Gasteiger partial charge in [0.2, 0.25) is 5.91 Å². The fourth-order valence-electron chi connectivity index (χ4n) is 4.66. The van der Waals surface area contributed by atoms with Crippen LogP contribution < -0.4 is 26.6 Å². The van der Waals surface area contributed by atoms with E-state index in [1.54, 1.807) is 0 Å². The Labute approximate surface area is 217 Å². The third-order valence-corrected chi connectivity index (χ3v) is 6.63. The van der Waals surface area contributed by atoms with Crippen molar-refractivity contribution in [2.75, 3.05) is 48.4 Å². The number of carbonyl (C=O) groups is 1. The molecule has 1 saturated heterocycles. The van der Waals surface area contributed by atoms with Gasteiger partial charge < -0.3 is 31.3 Å². The molecule has 3 aromatic rings. The van der Waals surface area contributed by atoms with Crippen LogP contribution in [0.5, 0.6) is 0 Å². The van der Waals surface area contributed by atoms with Crippen LogP contribution in [0.2, 0.25) is 0 Å². The van der Waals surface area contributed by atoms with Gasteiger partial charge >= 0.3 is 0 Å². The molecule has 37 heavy (non-hydrogen) atoms. The Kier molecular flexibility index (Phi) is 7.49. The molecule has 5 N–H and O–H groups in total. The number of guanidine groups is 1. The number of aliphatic imine (C=N–C) groups is 1. The molecule has 8 nitrogen and oxygen atoms in total. The van der Waals surface area contributed by atoms with Crippen molar-refractivity contribution in [1.82, 2.24) is 5.32 Å². The van der Waals surface area contributed by atoms with Gasteiger partial charge in [0, 0.05) is 36.7 Å². The van der Waals surface area contributed by atoms with Crippen molar-refractivity contribution in [1.29, 1.82) is 0 Å². The van der Waals surface area contributed by atoms with Crippen LogP contribution in [0.3, 0.4) is 0 Å². The molecule has 0 bridgehead atoms. The normalized spacial score (nSPS) is 17.6. The highest BCUT2D eigenvalue weighted by Gasteiger charge is 2.25. The fourth-order valence-corrected chi connectivity index (χ4v) is 4.66. The molecule has 1 atom stereocenters. The SMILES string of the molecule is C=C(/N=C(\N)Nc1ccc(N2CCOCC2)cc1)c1ccc(NC(=O)C2NCCc3ccccc32)cc1. The highest BCUT2D eigenvalue weighted by Crippen LogP contribution is 2.25. The average Bonchev–Trinajstić information content (AvgIpc) is 2.94. The van der Waals surface area contributed by atoms with Gasteiger partial charge in [-0.15, -0.1) is 0 Å². The lowest BCUT2D eigenvalue weighted by Crippen LogP contribution is -2.38. The third-order valence-electron chi connectivity index (χ3n) is 6.63. The minimum absolute atomic E-state index is 0.0789. The van der Waals surface area contributed by atoms with Crippen LogP contribution in [0.1, 0.15) is 22.7 Å². The van der Waals surface area contributed by atoms with E-state index in [0.717, 1.165) is 61.8 Å². The first kappa shape index (κ1) is 24.5. The number of anilines is 3. The summed E-state index contributed by atoms with van der Waals surface area (Å²) in [7, 11) is 0. The molecule has 2 aliphatic rings. The lowest BCUT2D eigenvalue weighted by atomic mass is 9.94. The lowest BCUT2D eigenvalue weighted by Gasteiger charge is -2.28. The molecule has 2 aliphatic heterocycles. The van der Waals surface area contributed by atoms with Crippen molar-refractivity contribution in [3.05, 3.63) is 96.1 Å². The largest absolute Gasteiger partial charge is 0.378 e. The van der Waals surface area contributed by atoms with Crippen LogP contribution in [0, 0.1) is 0 Å². The van der Waals surface area contributed by atoms with Crippen molar-refractivity contribution < 1.29 is 9.53 Å². The Morgan fingerprint density at radius 1 is 0.973 bits per heavy atom. The van der Waals surface area contributed by atoms with Crippen molar-refractivity contribution in [2.45, 2.75) is 12.5 Å². The minimum Gasteiger partial charge on any atom is -0.378 e. The molecule has 3 aromatic carbocycles. The second-order valence-corrected chi connectivity index (χ2v) is 9.12. The summed E-state index contributed by atoms with van der Waals surface area (Å²) in [5.74, 6) is 0.174. The van der Waals surface area contributed by atoms with Crippen LogP contribution in [0.4, 0.5) is 17.1 Å². The standard InChI is InChI=1S/C29H32N6O2/c1-20(32-29(30)34-24-10-12-25(13-11-24)35-16-18-37-19-17-35)21-6-8-23(9-7-21)33-28(36)27-26-5-3-2-4-22(26)14-15-31-27/h2-13,27,31H,1,14-19H2,(H,33,36)(H3,30,32,34). The predicted molar refractivity (Wildman–Crippen MR) is 150 cm³/mol. The summed E-state index contributed by atoms with van der Waals surface area (Å²) in [6, 6.07) is 23.2. The van der Waals surface area contributed by atoms with Crippen molar-refractivity contribution >= 4 is 34.6 Å². The first-order valence-corrected chi connectivity index (χ1v) is 12.5. The molecule has 0 spiro atoms. The highest BCUT2D eigenvalue weighted by molar-refractivity contribution is 5.97. The van der Waals surface area contributed by atoms with Gasteiger partial charge in [0.05, 0.1) is 18.9 Å². The Morgan fingerprint density at radius 3 is 2.41 bits per heavy atom. The number of hydrogen-bond acceptors (Lipinski definition) is 5. The van der Waals surface area contributed by atoms with Crippen molar-refractivity contribution in [3.8, 4) is 0 Å². The van der Waals surface area contributed by atoms with Crippen molar-refractivity contribution in [3.63, 3.8) is 0 Å². The number of nitrogens with two attached hydrogens (primary N) is 1. The van der Waals surface area contributed by atoms with E-state index < -0.39 is 0 Å². The van der Waals surface area contributed by atoms with Gasteiger partial charge in [0.15, 0.2) is 5.96 Å². The number of amides is 1. The molecule has 0 aliphatic carbocycles. The Morgan fingerprint density at radius 2 is 1.65 bits per heavy atom. The number of rotatable bonds is 6. The molecule has 1 amide bonds. The number of ether oxygens (including phenoxy) is 1. The summed E-state index contributed by atoms with van der Waals surface area (Å²) >= 11 is 0. The fraction of sp³-hybridized carbons (Fsp3) is 0.241. The highest BCUT2D eigenvalue weighted by atomic mass is 16.5. The minimum atomic E-state index is -0.363. The Hall–Kier alpha value is -4.14. The smallest absolute Gasteiger partial charge is 0.246 e. The van der Waals surface area contributed by atoms with Gasteiger partial charge in [0.1, 0.15) is 6.04 Å². The van der Waals surface area contributed by atoms with Crippen LogP contribution in [-0.4, -0.2) is 44.7 Å². The van der Waals surface area contributed by atoms with E-state index in [-0.39, 0.29) is 17.9 Å². The molecule has 1 fully saturated rings. The maximum atomic E-state index is 12.9. The van der Waals surface area contributed by atoms with Crippen molar-refractivity contribution in [2.24, 2.45) is 10.7 Å². The molecular formula is C29H32N6O2. The quantitative estimate of drug-likeness (QED) is 0.306. The molecule has 2 heterocycles. The lowest BCUT2D eigenvalue weighted by molar-refractivity contribution is -0.118. The average molecular weight is 497 g/mol. The second kappa shape index (κ2) is 11.3. The van der Waals surface area contributed by atoms with E-state index in [4.69, 9.17) is 10.5 Å². The number of morpholine rings is 1. The number of hydrogen-bond donors (Lipinski definition) is 4. The van der Waals surface area contributed by atoms with E-state index in [9.17, 15) is 4.79 Å². The summed E-state index contributed by atoms with van der Waals surface area (Å²) in [5, 5.41) is 9.43. The van der Waals surface area contributed by atoms with Gasteiger partial charge in [-0.3, -0.25) is 4.79 Å². The number of fused-ring (bicyclic) bond motifs is 1. The van der Waals surface area contributed by atoms with Crippen LogP contribution in [0.15, 0.2) is 84.4 Å². The number of carbonyl (C=O) groups excluding carboxylic acids is 1. The maximum Gasteiger partial charge on any atom is 0.246 e. The summed E-state index contributed by atoms with van der Waals surface area (Å²) < 4.78 is 5.42. The van der Waals surface area contributed by atoms with Crippen LogP contribution in [0.25, 0.3) is 5.70 Å². The molecule has 8 heteroatoms. The predicted octanol–water partition coefficient (Wildman–Crippen LogP) is 3.75. The molecule has 190 valence electrons. The Balaban J connectivity index is 1.17. The summed E-state index contributed by atoms with van der Waals surface area (Å²) in [6.45, 7) is 8.11. The molecule has 0 aromatic heterocycles. The number of benzene rings is 3. The third kappa shape index (κ3) is 5.99. The Bertz CT molecular complexity index is 1280. The second-order valence-electron chi connectivity index (χ2n) is 9.12. The first-order chi connectivity index (χ1) is 18.1. The molecule has 5 rings (SSSR count). The molecule has 1 unspecified atom stereocenters. The summed E-state index contributed by atoms with van der Waals surface area (Å²) in [4.78, 5) is 19.6. The number of nitrogens with zero attached hydrogens (tertiary/aromatic N) is 2. The van der Waals surface area contributed by atoms with E-state index >= 15 is 0 Å². The summed E-state index contributed by atoms with van der Waals surface area (Å²) in [6.07, 6.45) is 0.926. The zero-order valence-electron chi connectivity index (χ0n) is 20.7. The molecule has 0 saturated carbocycles.